The van der Waals surface area contributed by atoms with Gasteiger partial charge < -0.3 is 4.57 Å². The van der Waals surface area contributed by atoms with Crippen molar-refractivity contribution in [1.82, 2.24) is 13.9 Å². The second-order valence-corrected chi connectivity index (χ2v) is 6.12. The molecule has 8 heteroatoms. The molecule has 18 heavy (non-hydrogen) atoms. The number of sulfonamides is 1. The summed E-state index contributed by atoms with van der Waals surface area (Å²) in [6.45, 7) is 0.712. The second-order valence-electron chi connectivity index (χ2n) is 4.23. The molecule has 2 heterocycles. The highest BCUT2D eigenvalue weighted by Gasteiger charge is 2.30. The Labute approximate surface area is 105 Å². The van der Waals surface area contributed by atoms with Crippen molar-refractivity contribution in [3.05, 3.63) is 12.5 Å². The number of aryl methyl sites for hydroxylation is 1. The SMILES string of the molecule is Cn1cnc(S(=O)(=O)N2CCC(N=C=O)CC2)c1. The molecule has 0 aromatic carbocycles. The number of piperidine rings is 1. The van der Waals surface area contributed by atoms with Gasteiger partial charge in [0.15, 0.2) is 5.03 Å². The number of isocyanates is 1. The molecule has 1 saturated heterocycles. The third kappa shape index (κ3) is 2.50. The quantitative estimate of drug-likeness (QED) is 0.567. The lowest BCUT2D eigenvalue weighted by atomic mass is 10.1. The summed E-state index contributed by atoms with van der Waals surface area (Å²) in [6, 6.07) is -0.113. The zero-order valence-electron chi connectivity index (χ0n) is 9.98. The van der Waals surface area contributed by atoms with E-state index in [1.807, 2.05) is 0 Å². The fourth-order valence-corrected chi connectivity index (χ4v) is 3.38. The Morgan fingerprint density at radius 2 is 2.11 bits per heavy atom. The van der Waals surface area contributed by atoms with Crippen LogP contribution < -0.4 is 0 Å². The standard InChI is InChI=1S/C10H14N4O3S/c1-13-6-10(11-7-13)18(16,17)14-4-2-9(3-5-14)12-8-15/h6-7,9H,2-5H2,1H3. The molecule has 0 spiro atoms. The Morgan fingerprint density at radius 3 is 2.61 bits per heavy atom. The van der Waals surface area contributed by atoms with Gasteiger partial charge in [0.1, 0.15) is 0 Å². The molecule has 0 atom stereocenters. The summed E-state index contributed by atoms with van der Waals surface area (Å²) in [6.07, 6.45) is 5.54. The Kier molecular flexibility index (Phi) is 3.60. The first-order chi connectivity index (χ1) is 8.54. The predicted octanol–water partition coefficient (Wildman–Crippen LogP) is -0.0910. The number of carbonyl (C=O) groups excluding carboxylic acids is 1. The molecular weight excluding hydrogens is 256 g/mol. The van der Waals surface area contributed by atoms with E-state index in [0.29, 0.717) is 25.9 Å². The smallest absolute Gasteiger partial charge is 0.262 e. The van der Waals surface area contributed by atoms with Crippen LogP contribution in [0.1, 0.15) is 12.8 Å². The van der Waals surface area contributed by atoms with E-state index in [1.165, 1.54) is 22.9 Å². The van der Waals surface area contributed by atoms with Gasteiger partial charge in [-0.2, -0.15) is 4.31 Å². The maximum atomic E-state index is 12.2. The molecule has 0 N–H and O–H groups in total. The zero-order chi connectivity index (χ0) is 13.2. The van der Waals surface area contributed by atoms with E-state index in [9.17, 15) is 13.2 Å². The molecule has 1 fully saturated rings. The maximum absolute atomic E-state index is 12.2. The molecule has 0 saturated carbocycles. The van der Waals surface area contributed by atoms with Gasteiger partial charge >= 0.3 is 0 Å². The van der Waals surface area contributed by atoms with E-state index < -0.39 is 10.0 Å². The molecule has 7 nitrogen and oxygen atoms in total. The average molecular weight is 270 g/mol. The summed E-state index contributed by atoms with van der Waals surface area (Å²) in [5.74, 6) is 0. The lowest BCUT2D eigenvalue weighted by Crippen LogP contribution is -2.39. The molecular formula is C10H14N4O3S. The van der Waals surface area contributed by atoms with Crippen LogP contribution in [0.15, 0.2) is 22.5 Å². The second kappa shape index (κ2) is 5.01. The highest BCUT2D eigenvalue weighted by atomic mass is 32.2. The van der Waals surface area contributed by atoms with Crippen LogP contribution in [0.4, 0.5) is 0 Å². The molecule has 0 aliphatic carbocycles. The van der Waals surface area contributed by atoms with Crippen LogP contribution in [-0.2, 0) is 21.9 Å². The molecule has 0 bridgehead atoms. The first kappa shape index (κ1) is 12.9. The maximum Gasteiger partial charge on any atom is 0.262 e. The van der Waals surface area contributed by atoms with Gasteiger partial charge in [0.05, 0.1) is 12.4 Å². The Balaban J connectivity index is 2.11. The topological polar surface area (TPSA) is 84.6 Å². The fourth-order valence-electron chi connectivity index (χ4n) is 1.94. The van der Waals surface area contributed by atoms with Crippen molar-refractivity contribution < 1.29 is 13.2 Å². The third-order valence-corrected chi connectivity index (χ3v) is 4.73. The predicted molar refractivity (Wildman–Crippen MR) is 63.1 cm³/mol. The van der Waals surface area contributed by atoms with Crippen molar-refractivity contribution in [3.8, 4) is 0 Å². The van der Waals surface area contributed by atoms with Crippen molar-refractivity contribution in [2.45, 2.75) is 23.9 Å². The van der Waals surface area contributed by atoms with E-state index in [0.717, 1.165) is 0 Å². The fraction of sp³-hybridized carbons (Fsp3) is 0.600. The van der Waals surface area contributed by atoms with Crippen LogP contribution in [0.25, 0.3) is 0 Å². The summed E-state index contributed by atoms with van der Waals surface area (Å²) in [5.41, 5.74) is 0. The van der Waals surface area contributed by atoms with Crippen molar-refractivity contribution >= 4 is 16.1 Å². The van der Waals surface area contributed by atoms with Crippen LogP contribution in [0.5, 0.6) is 0 Å². The third-order valence-electron chi connectivity index (χ3n) is 2.94. The van der Waals surface area contributed by atoms with Crippen molar-refractivity contribution in [2.75, 3.05) is 13.1 Å². The molecule has 0 radical (unpaired) electrons. The lowest BCUT2D eigenvalue weighted by Gasteiger charge is -2.27. The molecule has 2 rings (SSSR count). The molecule has 1 aliphatic rings. The van der Waals surface area contributed by atoms with Gasteiger partial charge in [0, 0.05) is 26.3 Å². The van der Waals surface area contributed by atoms with Crippen LogP contribution >= 0.6 is 0 Å². The van der Waals surface area contributed by atoms with E-state index in [1.54, 1.807) is 11.6 Å². The molecule has 1 aromatic heterocycles. The van der Waals surface area contributed by atoms with Crippen LogP contribution in [0, 0.1) is 0 Å². The Morgan fingerprint density at radius 1 is 1.44 bits per heavy atom. The highest BCUT2D eigenvalue weighted by molar-refractivity contribution is 7.89. The van der Waals surface area contributed by atoms with E-state index in [4.69, 9.17) is 0 Å². The van der Waals surface area contributed by atoms with Gasteiger partial charge in [-0.05, 0) is 12.8 Å². The number of imidazole rings is 1. The van der Waals surface area contributed by atoms with E-state index in [2.05, 4.69) is 9.98 Å². The molecule has 98 valence electrons. The van der Waals surface area contributed by atoms with Gasteiger partial charge in [-0.15, -0.1) is 0 Å². The lowest BCUT2D eigenvalue weighted by molar-refractivity contribution is 0.319. The monoisotopic (exact) mass is 270 g/mol. The number of nitrogens with zero attached hydrogens (tertiary/aromatic N) is 4. The van der Waals surface area contributed by atoms with Gasteiger partial charge in [0.2, 0.25) is 6.08 Å². The van der Waals surface area contributed by atoms with E-state index in [-0.39, 0.29) is 11.1 Å². The van der Waals surface area contributed by atoms with Crippen molar-refractivity contribution in [1.29, 1.82) is 0 Å². The minimum absolute atomic E-state index is 0.0577. The van der Waals surface area contributed by atoms with Crippen LogP contribution in [0.2, 0.25) is 0 Å². The number of hydrogen-bond acceptors (Lipinski definition) is 5. The Bertz CT molecular complexity index is 566. The number of aromatic nitrogens is 2. The summed E-state index contributed by atoms with van der Waals surface area (Å²) in [4.78, 5) is 17.6. The highest BCUT2D eigenvalue weighted by Crippen LogP contribution is 2.20. The van der Waals surface area contributed by atoms with Gasteiger partial charge in [0.25, 0.3) is 10.0 Å². The summed E-state index contributed by atoms with van der Waals surface area (Å²) in [7, 11) is -1.80. The minimum atomic E-state index is -3.52. The zero-order valence-corrected chi connectivity index (χ0v) is 10.8. The van der Waals surface area contributed by atoms with E-state index >= 15 is 0 Å². The number of hydrogen-bond donors (Lipinski definition) is 0. The number of aliphatic imine (C=N–C) groups is 1. The average Bonchev–Trinajstić information content (AvgIpc) is 2.78. The van der Waals surface area contributed by atoms with Crippen molar-refractivity contribution in [3.63, 3.8) is 0 Å². The molecule has 1 aromatic rings. The molecule has 0 unspecified atom stereocenters. The normalized spacial score (nSPS) is 18.5. The van der Waals surface area contributed by atoms with Gasteiger partial charge in [-0.3, -0.25) is 0 Å². The van der Waals surface area contributed by atoms with Gasteiger partial charge in [-0.25, -0.2) is 23.2 Å². The first-order valence-electron chi connectivity index (χ1n) is 5.59. The summed E-state index contributed by atoms with van der Waals surface area (Å²) < 4.78 is 27.4. The van der Waals surface area contributed by atoms with Crippen LogP contribution in [0.3, 0.4) is 0 Å². The largest absolute Gasteiger partial charge is 0.339 e. The molecule has 1 aliphatic heterocycles. The van der Waals surface area contributed by atoms with Gasteiger partial charge in [-0.1, -0.05) is 0 Å². The Hall–Kier alpha value is -1.50. The van der Waals surface area contributed by atoms with Crippen LogP contribution in [-0.4, -0.2) is 47.5 Å². The van der Waals surface area contributed by atoms with Crippen molar-refractivity contribution in [2.24, 2.45) is 12.0 Å². The minimum Gasteiger partial charge on any atom is -0.339 e. The molecule has 0 amide bonds. The summed E-state index contributed by atoms with van der Waals surface area (Å²) >= 11 is 0. The number of rotatable bonds is 3. The first-order valence-corrected chi connectivity index (χ1v) is 7.03. The summed E-state index contributed by atoms with van der Waals surface area (Å²) in [5, 5.41) is 0.0577.